The number of carbonyl (C=O) groups is 1. The monoisotopic (exact) mass is 272 g/mol. The molecule has 2 fully saturated rings. The second-order valence-electron chi connectivity index (χ2n) is 6.78. The zero-order valence-corrected chi connectivity index (χ0v) is 12.2. The van der Waals surface area contributed by atoms with Crippen LogP contribution in [-0.4, -0.2) is 47.9 Å². The van der Waals surface area contributed by atoms with Gasteiger partial charge in [-0.2, -0.15) is 0 Å². The molecule has 0 aromatic rings. The molecule has 2 unspecified atom stereocenters. The number of nitrogens with zero attached hydrogens (tertiary/aromatic N) is 1. The Morgan fingerprint density at radius 1 is 1.37 bits per heavy atom. The zero-order valence-electron chi connectivity index (χ0n) is 12.2. The van der Waals surface area contributed by atoms with Crippen molar-refractivity contribution in [2.75, 3.05) is 19.6 Å². The van der Waals surface area contributed by atoms with Crippen molar-refractivity contribution in [3.63, 3.8) is 0 Å². The van der Waals surface area contributed by atoms with Gasteiger partial charge in [-0.3, -0.25) is 0 Å². The van der Waals surface area contributed by atoms with E-state index in [9.17, 15) is 9.18 Å². The van der Waals surface area contributed by atoms with Crippen molar-refractivity contribution in [2.45, 2.75) is 63.8 Å². The van der Waals surface area contributed by atoms with Gasteiger partial charge in [0.2, 0.25) is 0 Å². The number of carbonyl (C=O) groups excluding carboxylic acids is 1. The fraction of sp³-hybridized carbons (Fsp3) is 0.929. The molecule has 0 aliphatic carbocycles. The van der Waals surface area contributed by atoms with E-state index >= 15 is 0 Å². The molecule has 0 bridgehead atoms. The first-order valence-electron chi connectivity index (χ1n) is 7.17. The number of hydrogen-bond acceptors (Lipinski definition) is 3. The van der Waals surface area contributed by atoms with Gasteiger partial charge in [0.15, 0.2) is 0 Å². The number of ether oxygens (including phenoxy) is 1. The van der Waals surface area contributed by atoms with Crippen LogP contribution in [0.3, 0.4) is 0 Å². The van der Waals surface area contributed by atoms with Crippen LogP contribution < -0.4 is 5.32 Å². The molecule has 0 aromatic carbocycles. The highest BCUT2D eigenvalue weighted by atomic mass is 19.1. The van der Waals surface area contributed by atoms with Crippen LogP contribution in [-0.2, 0) is 4.74 Å². The minimum atomic E-state index is -0.743. The topological polar surface area (TPSA) is 41.6 Å². The van der Waals surface area contributed by atoms with Gasteiger partial charge in [-0.05, 0) is 46.5 Å². The average Bonchev–Trinajstić information content (AvgIpc) is 2.52. The predicted octanol–water partition coefficient (Wildman–Crippen LogP) is 2.48. The van der Waals surface area contributed by atoms with Crippen LogP contribution in [0, 0.1) is 0 Å². The van der Waals surface area contributed by atoms with Crippen LogP contribution in [0.2, 0.25) is 0 Å². The van der Waals surface area contributed by atoms with Crippen LogP contribution in [0.5, 0.6) is 0 Å². The first kappa shape index (κ1) is 14.6. The van der Waals surface area contributed by atoms with Crippen molar-refractivity contribution in [3.8, 4) is 0 Å². The summed E-state index contributed by atoms with van der Waals surface area (Å²) in [4.78, 5) is 13.8. The normalized spacial score (nSPS) is 32.4. The average molecular weight is 272 g/mol. The van der Waals surface area contributed by atoms with E-state index in [1.54, 1.807) is 4.90 Å². The van der Waals surface area contributed by atoms with E-state index in [4.69, 9.17) is 4.74 Å². The minimum Gasteiger partial charge on any atom is -0.444 e. The molecule has 2 aliphatic heterocycles. The maximum Gasteiger partial charge on any atom is 0.410 e. The Balaban J connectivity index is 1.92. The quantitative estimate of drug-likeness (QED) is 0.736. The lowest BCUT2D eigenvalue weighted by molar-refractivity contribution is 0.0254. The zero-order chi connectivity index (χ0) is 14.1. The van der Waals surface area contributed by atoms with Gasteiger partial charge in [0, 0.05) is 25.2 Å². The molecular formula is C14H25FN2O2. The van der Waals surface area contributed by atoms with Gasteiger partial charge in [0.25, 0.3) is 0 Å². The highest BCUT2D eigenvalue weighted by Gasteiger charge is 2.40. The van der Waals surface area contributed by atoms with E-state index < -0.39 is 11.8 Å². The summed E-state index contributed by atoms with van der Waals surface area (Å²) in [7, 11) is 0. The summed E-state index contributed by atoms with van der Waals surface area (Å²) in [5.41, 5.74) is -0.563. The number of amides is 1. The van der Waals surface area contributed by atoms with Crippen LogP contribution in [0.4, 0.5) is 9.18 Å². The Morgan fingerprint density at radius 3 is 2.68 bits per heavy atom. The van der Waals surface area contributed by atoms with Crippen molar-refractivity contribution < 1.29 is 13.9 Å². The number of likely N-dealkylation sites (tertiary alicyclic amines) is 1. The van der Waals surface area contributed by atoms with Gasteiger partial charge in [-0.1, -0.05) is 0 Å². The number of alkyl halides is 1. The fourth-order valence-corrected chi connectivity index (χ4v) is 2.98. The lowest BCUT2D eigenvalue weighted by atomic mass is 9.89. The summed E-state index contributed by atoms with van der Waals surface area (Å²) in [6.45, 7) is 7.42. The lowest BCUT2D eigenvalue weighted by Gasteiger charge is -2.29. The fourth-order valence-electron chi connectivity index (χ4n) is 2.98. The Labute approximate surface area is 114 Å². The van der Waals surface area contributed by atoms with Crippen molar-refractivity contribution >= 4 is 6.09 Å². The highest BCUT2D eigenvalue weighted by molar-refractivity contribution is 5.68. The molecule has 1 amide bonds. The van der Waals surface area contributed by atoms with E-state index in [1.165, 1.54) is 0 Å². The van der Waals surface area contributed by atoms with E-state index in [2.05, 4.69) is 5.32 Å². The van der Waals surface area contributed by atoms with Crippen molar-refractivity contribution in [1.29, 1.82) is 0 Å². The largest absolute Gasteiger partial charge is 0.444 e. The Bertz CT molecular complexity index is 343. The third-order valence-electron chi connectivity index (χ3n) is 3.91. The molecule has 0 radical (unpaired) electrons. The van der Waals surface area contributed by atoms with Crippen molar-refractivity contribution in [3.05, 3.63) is 0 Å². The Morgan fingerprint density at radius 2 is 2.11 bits per heavy atom. The van der Waals surface area contributed by atoms with E-state index in [-0.39, 0.29) is 11.6 Å². The van der Waals surface area contributed by atoms with Gasteiger partial charge in [0.1, 0.15) is 11.8 Å². The van der Waals surface area contributed by atoms with Gasteiger partial charge in [-0.15, -0.1) is 0 Å². The van der Waals surface area contributed by atoms with Crippen molar-refractivity contribution in [2.24, 2.45) is 0 Å². The van der Waals surface area contributed by atoms with Crippen LogP contribution in [0.15, 0.2) is 0 Å². The maximum atomic E-state index is 13.4. The van der Waals surface area contributed by atoms with Crippen LogP contribution >= 0.6 is 0 Å². The second kappa shape index (κ2) is 5.27. The van der Waals surface area contributed by atoms with Crippen LogP contribution in [0.1, 0.15) is 46.5 Å². The predicted molar refractivity (Wildman–Crippen MR) is 71.9 cm³/mol. The molecule has 0 aromatic heterocycles. The molecule has 2 rings (SSSR count). The van der Waals surface area contributed by atoms with Crippen LogP contribution in [0.25, 0.3) is 0 Å². The van der Waals surface area contributed by atoms with Gasteiger partial charge in [0.05, 0.1) is 0 Å². The highest BCUT2D eigenvalue weighted by Crippen LogP contribution is 2.32. The molecule has 1 N–H and O–H groups in total. The summed E-state index contributed by atoms with van der Waals surface area (Å²) in [6.07, 6.45) is 2.24. The third kappa shape index (κ3) is 3.81. The number of rotatable bonds is 0. The summed E-state index contributed by atoms with van der Waals surface area (Å²) in [5.74, 6) is 0. The Kier molecular flexibility index (Phi) is 4.04. The molecule has 2 saturated heterocycles. The molecule has 0 saturated carbocycles. The summed E-state index contributed by atoms with van der Waals surface area (Å²) in [6, 6.07) is 0. The maximum absolute atomic E-state index is 13.4. The molecule has 2 atom stereocenters. The molecular weight excluding hydrogens is 247 g/mol. The van der Waals surface area contributed by atoms with Gasteiger partial charge in [-0.25, -0.2) is 9.18 Å². The van der Waals surface area contributed by atoms with E-state index in [1.807, 2.05) is 20.8 Å². The molecule has 2 heterocycles. The number of nitrogens with one attached hydrogen (secondary N) is 1. The third-order valence-corrected chi connectivity index (χ3v) is 3.91. The molecule has 110 valence electrons. The molecule has 4 nitrogen and oxygen atoms in total. The summed E-state index contributed by atoms with van der Waals surface area (Å²) < 4.78 is 18.8. The molecule has 19 heavy (non-hydrogen) atoms. The molecule has 1 spiro atoms. The number of halogens is 1. The molecule has 5 heteroatoms. The van der Waals surface area contributed by atoms with Gasteiger partial charge >= 0.3 is 6.09 Å². The second-order valence-corrected chi connectivity index (χ2v) is 6.78. The molecule has 2 aliphatic rings. The number of hydrogen-bond donors (Lipinski definition) is 1. The van der Waals surface area contributed by atoms with Gasteiger partial charge < -0.3 is 15.0 Å². The van der Waals surface area contributed by atoms with E-state index in [0.29, 0.717) is 26.1 Å². The summed E-state index contributed by atoms with van der Waals surface area (Å²) >= 11 is 0. The SMILES string of the molecule is CC(C)(C)OC(=O)N1CCCC2(CC1)CC(F)CN2. The Hall–Kier alpha value is -0.840. The van der Waals surface area contributed by atoms with E-state index in [0.717, 1.165) is 19.3 Å². The first-order valence-corrected chi connectivity index (χ1v) is 7.17. The smallest absolute Gasteiger partial charge is 0.410 e. The van der Waals surface area contributed by atoms with Crippen molar-refractivity contribution in [1.82, 2.24) is 10.2 Å². The standard InChI is InChI=1S/C14H25FN2O2/c1-13(2,3)19-12(18)17-7-4-5-14(6-8-17)9-11(15)10-16-14/h11,16H,4-10H2,1-3H3. The summed E-state index contributed by atoms with van der Waals surface area (Å²) in [5, 5.41) is 3.32. The first-order chi connectivity index (χ1) is 8.80. The minimum absolute atomic E-state index is 0.101. The lowest BCUT2D eigenvalue weighted by Crippen LogP contribution is -2.42.